The fourth-order valence-corrected chi connectivity index (χ4v) is 3.82. The van der Waals surface area contributed by atoms with Gasteiger partial charge in [0, 0.05) is 23.6 Å². The number of rotatable bonds is 8. The van der Waals surface area contributed by atoms with Crippen molar-refractivity contribution in [2.45, 2.75) is 18.1 Å². The third-order valence-corrected chi connectivity index (χ3v) is 5.51. The maximum atomic E-state index is 12.4. The molecule has 0 saturated carbocycles. The maximum absolute atomic E-state index is 12.4. The molecule has 0 atom stereocenters. The molecule has 0 unspecified atom stereocenters. The minimum Gasteiger partial charge on any atom is -0.406 e. The number of aromatic nitrogens is 4. The summed E-state index contributed by atoms with van der Waals surface area (Å²) in [4.78, 5) is 16.5. The zero-order valence-corrected chi connectivity index (χ0v) is 18.4. The monoisotopic (exact) mass is 485 g/mol. The lowest BCUT2D eigenvalue weighted by Gasteiger charge is -2.11. The summed E-state index contributed by atoms with van der Waals surface area (Å²) >= 11 is 1.21. The molecule has 0 spiro atoms. The van der Waals surface area contributed by atoms with Gasteiger partial charge in [0.1, 0.15) is 5.75 Å². The van der Waals surface area contributed by atoms with E-state index in [2.05, 4.69) is 25.2 Å². The van der Waals surface area contributed by atoms with Crippen LogP contribution in [0.15, 0.2) is 84.3 Å². The molecule has 0 bridgehead atoms. The zero-order chi connectivity index (χ0) is 24.0. The summed E-state index contributed by atoms with van der Waals surface area (Å²) in [6.07, 6.45) is -1.43. The maximum Gasteiger partial charge on any atom is 0.573 e. The van der Waals surface area contributed by atoms with Gasteiger partial charge in [-0.2, -0.15) is 0 Å². The van der Waals surface area contributed by atoms with Crippen LogP contribution in [0.3, 0.4) is 0 Å². The number of nitrogens with one attached hydrogen (secondary N) is 1. The van der Waals surface area contributed by atoms with Crippen LogP contribution in [0, 0.1) is 0 Å². The second-order valence-corrected chi connectivity index (χ2v) is 7.97. The van der Waals surface area contributed by atoms with E-state index in [-0.39, 0.29) is 17.4 Å². The summed E-state index contributed by atoms with van der Waals surface area (Å²) in [6.45, 7) is 0.510. The molecule has 2 aromatic carbocycles. The average molecular weight is 485 g/mol. The number of halogens is 3. The number of ether oxygens (including phenoxy) is 1. The van der Waals surface area contributed by atoms with Crippen molar-refractivity contribution in [2.75, 3.05) is 11.1 Å². The van der Waals surface area contributed by atoms with Crippen molar-refractivity contribution < 1.29 is 22.7 Å². The lowest BCUT2D eigenvalue weighted by Crippen LogP contribution is -2.17. The van der Waals surface area contributed by atoms with Crippen LogP contribution in [-0.2, 0) is 11.3 Å². The number of carbonyl (C=O) groups excluding carboxylic acids is 1. The number of carbonyl (C=O) groups is 1. The number of hydrogen-bond donors (Lipinski definition) is 1. The van der Waals surface area contributed by atoms with Crippen LogP contribution in [0.2, 0.25) is 0 Å². The second-order valence-electron chi connectivity index (χ2n) is 7.02. The van der Waals surface area contributed by atoms with E-state index >= 15 is 0 Å². The van der Waals surface area contributed by atoms with E-state index in [4.69, 9.17) is 0 Å². The molecule has 1 N–H and O–H groups in total. The number of amides is 1. The number of pyridine rings is 1. The third kappa shape index (κ3) is 6.35. The summed E-state index contributed by atoms with van der Waals surface area (Å²) < 4.78 is 42.6. The predicted octanol–water partition coefficient (Wildman–Crippen LogP) is 5.02. The highest BCUT2D eigenvalue weighted by atomic mass is 32.2. The molecule has 0 aliphatic heterocycles. The molecule has 4 aromatic rings. The standard InChI is InChI=1S/C23H18F3N5O2S/c24-23(25,26)33-19-8-6-18(7-9-19)28-20(32)15-34-22-30-29-21(17-10-12-27-13-11-17)31(22)14-16-4-2-1-3-5-16/h1-13H,14-15H2,(H,28,32). The first-order valence-electron chi connectivity index (χ1n) is 10.0. The first-order valence-corrected chi connectivity index (χ1v) is 11.0. The molecule has 174 valence electrons. The molecule has 11 heteroatoms. The third-order valence-electron chi connectivity index (χ3n) is 4.54. The van der Waals surface area contributed by atoms with Gasteiger partial charge in [0.05, 0.1) is 12.3 Å². The lowest BCUT2D eigenvalue weighted by molar-refractivity contribution is -0.274. The molecular weight excluding hydrogens is 467 g/mol. The number of alkyl halides is 3. The van der Waals surface area contributed by atoms with Crippen LogP contribution in [0.5, 0.6) is 5.75 Å². The van der Waals surface area contributed by atoms with E-state index in [1.54, 1.807) is 12.4 Å². The van der Waals surface area contributed by atoms with Crippen LogP contribution >= 0.6 is 11.8 Å². The fraction of sp³-hybridized carbons (Fsp3) is 0.130. The first-order chi connectivity index (χ1) is 16.4. The molecule has 1 amide bonds. The Hall–Kier alpha value is -3.86. The Morgan fingerprint density at radius 1 is 0.971 bits per heavy atom. The number of anilines is 1. The highest BCUT2D eigenvalue weighted by molar-refractivity contribution is 7.99. The molecule has 7 nitrogen and oxygen atoms in total. The Bertz CT molecular complexity index is 1230. The van der Waals surface area contributed by atoms with E-state index in [1.807, 2.05) is 47.0 Å². The molecule has 0 radical (unpaired) electrons. The Morgan fingerprint density at radius 2 is 1.68 bits per heavy atom. The predicted molar refractivity (Wildman–Crippen MR) is 121 cm³/mol. The Labute approximate surface area is 197 Å². The van der Waals surface area contributed by atoms with Gasteiger partial charge in [-0.15, -0.1) is 23.4 Å². The van der Waals surface area contributed by atoms with Gasteiger partial charge >= 0.3 is 6.36 Å². The van der Waals surface area contributed by atoms with E-state index in [9.17, 15) is 18.0 Å². The van der Waals surface area contributed by atoms with Crippen LogP contribution in [-0.4, -0.2) is 37.8 Å². The van der Waals surface area contributed by atoms with E-state index in [1.165, 1.54) is 23.9 Å². The van der Waals surface area contributed by atoms with Crippen molar-refractivity contribution in [1.29, 1.82) is 0 Å². The Morgan fingerprint density at radius 3 is 2.35 bits per heavy atom. The molecular formula is C23H18F3N5O2S. The van der Waals surface area contributed by atoms with Gasteiger partial charge < -0.3 is 10.1 Å². The van der Waals surface area contributed by atoms with Gasteiger partial charge in [-0.3, -0.25) is 14.3 Å². The number of hydrogen-bond acceptors (Lipinski definition) is 6. The van der Waals surface area contributed by atoms with Gasteiger partial charge in [-0.1, -0.05) is 42.1 Å². The summed E-state index contributed by atoms with van der Waals surface area (Å²) in [7, 11) is 0. The van der Waals surface area contributed by atoms with Gasteiger partial charge in [0.2, 0.25) is 5.91 Å². The smallest absolute Gasteiger partial charge is 0.406 e. The molecule has 0 saturated heterocycles. The van der Waals surface area contributed by atoms with Crippen molar-refractivity contribution in [3.63, 3.8) is 0 Å². The fourth-order valence-electron chi connectivity index (χ4n) is 3.09. The van der Waals surface area contributed by atoms with Crippen LogP contribution < -0.4 is 10.1 Å². The summed E-state index contributed by atoms with van der Waals surface area (Å²) in [6, 6.07) is 18.4. The van der Waals surface area contributed by atoms with Crippen molar-refractivity contribution in [1.82, 2.24) is 19.7 Å². The average Bonchev–Trinajstić information content (AvgIpc) is 3.21. The van der Waals surface area contributed by atoms with Gasteiger partial charge in [-0.25, -0.2) is 0 Å². The minimum atomic E-state index is -4.77. The van der Waals surface area contributed by atoms with Crippen LogP contribution in [0.4, 0.5) is 18.9 Å². The first kappa shape index (κ1) is 23.3. The van der Waals surface area contributed by atoms with Crippen molar-refractivity contribution >= 4 is 23.4 Å². The lowest BCUT2D eigenvalue weighted by atomic mass is 10.2. The highest BCUT2D eigenvalue weighted by Gasteiger charge is 2.31. The van der Waals surface area contributed by atoms with Crippen molar-refractivity contribution in [3.05, 3.63) is 84.7 Å². The van der Waals surface area contributed by atoms with E-state index in [0.717, 1.165) is 23.3 Å². The number of thioether (sulfide) groups is 1. The quantitative estimate of drug-likeness (QED) is 0.353. The van der Waals surface area contributed by atoms with Crippen molar-refractivity contribution in [2.24, 2.45) is 0 Å². The summed E-state index contributed by atoms with van der Waals surface area (Å²) in [5.41, 5.74) is 2.24. The Balaban J connectivity index is 1.45. The largest absolute Gasteiger partial charge is 0.573 e. The van der Waals surface area contributed by atoms with Gasteiger partial charge in [0.25, 0.3) is 0 Å². The molecule has 2 aromatic heterocycles. The van der Waals surface area contributed by atoms with Gasteiger partial charge in [-0.05, 0) is 42.0 Å². The number of benzene rings is 2. The molecule has 0 aliphatic rings. The second kappa shape index (κ2) is 10.4. The zero-order valence-electron chi connectivity index (χ0n) is 17.6. The minimum absolute atomic E-state index is 0.0318. The van der Waals surface area contributed by atoms with Crippen LogP contribution in [0.1, 0.15) is 5.56 Å². The number of nitrogens with zero attached hydrogens (tertiary/aromatic N) is 4. The summed E-state index contributed by atoms with van der Waals surface area (Å²) in [5, 5.41) is 11.8. The SMILES string of the molecule is O=C(CSc1nnc(-c2ccncc2)n1Cc1ccccc1)Nc1ccc(OC(F)(F)F)cc1. The van der Waals surface area contributed by atoms with Gasteiger partial charge in [0.15, 0.2) is 11.0 Å². The van der Waals surface area contributed by atoms with Crippen molar-refractivity contribution in [3.8, 4) is 17.1 Å². The normalized spacial score (nSPS) is 11.3. The molecule has 0 aliphatic carbocycles. The molecule has 34 heavy (non-hydrogen) atoms. The topological polar surface area (TPSA) is 81.9 Å². The van der Waals surface area contributed by atoms with E-state index < -0.39 is 6.36 Å². The Kier molecular flexibility index (Phi) is 7.12. The molecule has 2 heterocycles. The summed E-state index contributed by atoms with van der Waals surface area (Å²) in [5.74, 6) is -0.0227. The molecule has 4 rings (SSSR count). The van der Waals surface area contributed by atoms with Crippen LogP contribution in [0.25, 0.3) is 11.4 Å². The molecule has 0 fully saturated rings. The van der Waals surface area contributed by atoms with E-state index in [0.29, 0.717) is 23.2 Å². The highest BCUT2D eigenvalue weighted by Crippen LogP contribution is 2.26.